The van der Waals surface area contributed by atoms with Crippen molar-refractivity contribution in [1.29, 1.82) is 0 Å². The van der Waals surface area contributed by atoms with Crippen molar-refractivity contribution < 1.29 is 11.3 Å². The van der Waals surface area contributed by atoms with Gasteiger partial charge in [0.2, 0.25) is 0 Å². The van der Waals surface area contributed by atoms with E-state index in [-0.39, 0.29) is 0 Å². The van der Waals surface area contributed by atoms with Crippen molar-refractivity contribution in [2.75, 3.05) is 39.5 Å². The first-order valence-electron chi connectivity index (χ1n) is 6.97. The summed E-state index contributed by atoms with van der Waals surface area (Å²) in [6.45, 7) is 4.81. The average Bonchev–Trinajstić information content (AvgIpc) is 2.45. The fraction of sp³-hybridized carbons (Fsp3) is 0.429. The van der Waals surface area contributed by atoms with Gasteiger partial charge in [-0.15, -0.1) is 0 Å². The van der Waals surface area contributed by atoms with E-state index in [0.717, 1.165) is 33.0 Å². The molecule has 0 radical (unpaired) electrons. The van der Waals surface area contributed by atoms with Gasteiger partial charge in [-0.1, -0.05) is 0 Å². The molecular formula is C14H17Br2GeNO3. The van der Waals surface area contributed by atoms with Crippen LogP contribution in [0.2, 0.25) is 0 Å². The number of nitrogens with zero attached hydrogens (tertiary/aromatic N) is 1. The second-order valence-electron chi connectivity index (χ2n) is 4.94. The van der Waals surface area contributed by atoms with Crippen molar-refractivity contribution >= 4 is 50.6 Å². The minimum absolute atomic E-state index is 0.657. The molecule has 1 aromatic rings. The molecule has 0 N–H and O–H groups in total. The van der Waals surface area contributed by atoms with Crippen LogP contribution in [0.15, 0.2) is 33.6 Å². The Morgan fingerprint density at radius 2 is 1.43 bits per heavy atom. The summed E-state index contributed by atoms with van der Waals surface area (Å²) >= 11 is 3.93. The number of hydrogen-bond donors (Lipinski definition) is 0. The van der Waals surface area contributed by atoms with Gasteiger partial charge in [-0.2, -0.15) is 0 Å². The van der Waals surface area contributed by atoms with Crippen LogP contribution in [0, 0.1) is 0 Å². The molecule has 3 heterocycles. The molecule has 1 aromatic carbocycles. The van der Waals surface area contributed by atoms with E-state index in [4.69, 9.17) is 11.3 Å². The second kappa shape index (κ2) is 7.25. The minimum atomic E-state index is -3.45. The summed E-state index contributed by atoms with van der Waals surface area (Å²) in [5, 5.41) is 0. The fourth-order valence-corrected chi connectivity index (χ4v) is 10.4. The zero-order valence-electron chi connectivity index (χ0n) is 11.6. The van der Waals surface area contributed by atoms with Crippen LogP contribution < -0.4 is 0 Å². The Bertz CT molecular complexity index is 500. The Morgan fingerprint density at radius 3 is 1.95 bits per heavy atom. The summed E-state index contributed by atoms with van der Waals surface area (Å²) in [5.74, 6) is 0. The summed E-state index contributed by atoms with van der Waals surface area (Å²) < 4.78 is 20.2. The number of benzene rings is 1. The van der Waals surface area contributed by atoms with E-state index in [2.05, 4.69) is 48.9 Å². The quantitative estimate of drug-likeness (QED) is 0.611. The summed E-state index contributed by atoms with van der Waals surface area (Å²) in [5.41, 5.74) is 1.09. The van der Waals surface area contributed by atoms with Crippen molar-refractivity contribution in [2.45, 2.75) is 0 Å². The number of rotatable bonds is 2. The fourth-order valence-electron chi connectivity index (χ4n) is 2.42. The van der Waals surface area contributed by atoms with Crippen molar-refractivity contribution in [2.24, 2.45) is 0 Å². The molecule has 0 amide bonds. The molecule has 114 valence electrons. The molecule has 4 nitrogen and oxygen atoms in total. The maximum atomic E-state index is 6.11. The van der Waals surface area contributed by atoms with E-state index >= 15 is 0 Å². The number of fused-ring (bicyclic) bond motifs is 6. The van der Waals surface area contributed by atoms with Crippen molar-refractivity contribution in [3.63, 3.8) is 0 Å². The molecule has 0 saturated carbocycles. The zero-order chi connectivity index (χ0) is 14.7. The van der Waals surface area contributed by atoms with Gasteiger partial charge >= 0.3 is 145 Å². The van der Waals surface area contributed by atoms with Crippen molar-refractivity contribution in [3.05, 3.63) is 39.2 Å². The van der Waals surface area contributed by atoms with Gasteiger partial charge in [0.1, 0.15) is 0 Å². The first kappa shape index (κ1) is 16.2. The third-order valence-electron chi connectivity index (χ3n) is 3.59. The van der Waals surface area contributed by atoms with Crippen LogP contribution >= 0.6 is 31.9 Å². The summed E-state index contributed by atoms with van der Waals surface area (Å²) in [6.07, 6.45) is 0. The van der Waals surface area contributed by atoms with E-state index < -0.39 is 14.3 Å². The molecule has 0 aliphatic carbocycles. The third kappa shape index (κ3) is 3.63. The van der Waals surface area contributed by atoms with Gasteiger partial charge < -0.3 is 0 Å². The second-order valence-corrected chi connectivity index (χ2v) is 13.3. The van der Waals surface area contributed by atoms with Crippen molar-refractivity contribution in [3.8, 4) is 0 Å². The molecule has 2 bridgehead atoms. The Hall–Kier alpha value is 0.303. The van der Waals surface area contributed by atoms with Gasteiger partial charge in [0.05, 0.1) is 0 Å². The first-order valence-corrected chi connectivity index (χ1v) is 12.2. The molecule has 0 aromatic heterocycles. The molecule has 0 unspecified atom stereocenters. The molecule has 0 atom stereocenters. The third-order valence-corrected chi connectivity index (χ3v) is 14.0. The molecule has 3 saturated heterocycles. The standard InChI is InChI=1S/C14H17Br2GeNO3/c15-13(12-4-2-1-3-5-12)14(16)17-19-9-6-18(7-10-20-17)8-11-21-17/h1-5H,6-11H2/b14-13+. The predicted molar refractivity (Wildman–Crippen MR) is 91.3 cm³/mol. The normalized spacial score (nSPS) is 31.0. The van der Waals surface area contributed by atoms with Gasteiger partial charge in [-0.05, 0) is 0 Å². The van der Waals surface area contributed by atoms with Crippen LogP contribution in [0.4, 0.5) is 0 Å². The van der Waals surface area contributed by atoms with Gasteiger partial charge in [-0.25, -0.2) is 0 Å². The molecule has 0 spiro atoms. The topological polar surface area (TPSA) is 30.9 Å². The van der Waals surface area contributed by atoms with Gasteiger partial charge in [0.25, 0.3) is 0 Å². The van der Waals surface area contributed by atoms with Crippen LogP contribution in [-0.4, -0.2) is 58.6 Å². The van der Waals surface area contributed by atoms with Crippen LogP contribution in [-0.2, 0) is 11.3 Å². The summed E-state index contributed by atoms with van der Waals surface area (Å²) in [7, 11) is 0. The Balaban J connectivity index is 1.94. The summed E-state index contributed by atoms with van der Waals surface area (Å²) in [4.78, 5) is 2.31. The Morgan fingerprint density at radius 1 is 0.905 bits per heavy atom. The van der Waals surface area contributed by atoms with Crippen LogP contribution in [0.1, 0.15) is 5.56 Å². The average molecular weight is 480 g/mol. The molecular weight excluding hydrogens is 463 g/mol. The van der Waals surface area contributed by atoms with E-state index in [1.807, 2.05) is 18.2 Å². The van der Waals surface area contributed by atoms with Gasteiger partial charge in [0.15, 0.2) is 0 Å². The van der Waals surface area contributed by atoms with Gasteiger partial charge in [-0.3, -0.25) is 0 Å². The van der Waals surface area contributed by atoms with E-state index in [1.54, 1.807) is 0 Å². The van der Waals surface area contributed by atoms with Gasteiger partial charge in [0, 0.05) is 0 Å². The predicted octanol–water partition coefficient (Wildman–Crippen LogP) is 3.00. The molecule has 3 aliphatic rings. The first-order chi connectivity index (χ1) is 10.2. The number of hydrogen-bond acceptors (Lipinski definition) is 4. The molecule has 3 fully saturated rings. The van der Waals surface area contributed by atoms with Crippen LogP contribution in [0.3, 0.4) is 0 Å². The van der Waals surface area contributed by atoms with Crippen LogP contribution in [0.5, 0.6) is 0 Å². The molecule has 7 heteroatoms. The Labute approximate surface area is 145 Å². The van der Waals surface area contributed by atoms with E-state index in [9.17, 15) is 0 Å². The van der Waals surface area contributed by atoms with Crippen LogP contribution in [0.25, 0.3) is 4.48 Å². The maximum absolute atomic E-state index is 6.11. The van der Waals surface area contributed by atoms with Crippen molar-refractivity contribution in [1.82, 2.24) is 4.90 Å². The Kier molecular flexibility index (Phi) is 5.58. The zero-order valence-corrected chi connectivity index (χ0v) is 16.8. The number of halogens is 2. The molecule has 3 aliphatic heterocycles. The van der Waals surface area contributed by atoms with E-state index in [0.29, 0.717) is 19.8 Å². The summed E-state index contributed by atoms with van der Waals surface area (Å²) in [6, 6.07) is 10.1. The molecule has 21 heavy (non-hydrogen) atoms. The molecule has 4 rings (SSSR count). The monoisotopic (exact) mass is 479 g/mol. The van der Waals surface area contributed by atoms with E-state index in [1.165, 1.54) is 0 Å². The SMILES string of the molecule is Br/C(=[C](\Br)[Ge]12[O]CCN(CC[O]1)CC[O]2)c1ccccc1.